The minimum absolute atomic E-state index is 0.161. The van der Waals surface area contributed by atoms with Crippen LogP contribution in [0.5, 0.6) is 0 Å². The zero-order valence-electron chi connectivity index (χ0n) is 12.2. The average Bonchev–Trinajstić information content (AvgIpc) is 3.32. The summed E-state index contributed by atoms with van der Waals surface area (Å²) in [6, 6.07) is 9.61. The fourth-order valence-corrected chi connectivity index (χ4v) is 2.42. The van der Waals surface area contributed by atoms with Crippen LogP contribution in [0.1, 0.15) is 24.0 Å². The summed E-state index contributed by atoms with van der Waals surface area (Å²) in [7, 11) is 1.98. The Balaban J connectivity index is 1.74. The van der Waals surface area contributed by atoms with Gasteiger partial charge in [0, 0.05) is 37.9 Å². The molecule has 0 saturated heterocycles. The van der Waals surface area contributed by atoms with Gasteiger partial charge in [-0.1, -0.05) is 18.2 Å². The van der Waals surface area contributed by atoms with Gasteiger partial charge in [-0.05, 0) is 30.5 Å². The topological polar surface area (TPSA) is 28.2 Å². The number of hydrogen-bond acceptors (Lipinski definition) is 3. The van der Waals surface area contributed by atoms with Crippen molar-refractivity contribution in [2.45, 2.75) is 32.0 Å². The minimum Gasteiger partial charge on any atom is -0.369 e. The van der Waals surface area contributed by atoms with E-state index in [4.69, 9.17) is 0 Å². The van der Waals surface area contributed by atoms with Crippen LogP contribution in [0.4, 0.5) is 10.1 Å². The Morgan fingerprint density at radius 2 is 2.05 bits per heavy atom. The number of benzene rings is 1. The van der Waals surface area contributed by atoms with Crippen LogP contribution in [0, 0.1) is 5.82 Å². The van der Waals surface area contributed by atoms with Crippen molar-refractivity contribution in [2.75, 3.05) is 11.9 Å². The van der Waals surface area contributed by atoms with Crippen LogP contribution < -0.4 is 10.2 Å². The fourth-order valence-electron chi connectivity index (χ4n) is 2.42. The lowest BCUT2D eigenvalue weighted by Crippen LogP contribution is -2.22. The monoisotopic (exact) mass is 285 g/mol. The second-order valence-electron chi connectivity index (χ2n) is 5.61. The van der Waals surface area contributed by atoms with Gasteiger partial charge in [-0.25, -0.2) is 4.39 Å². The molecule has 0 bridgehead atoms. The first kappa shape index (κ1) is 14.0. The molecule has 1 saturated carbocycles. The molecule has 1 heterocycles. The summed E-state index contributed by atoms with van der Waals surface area (Å²) in [6.45, 7) is 1.37. The molecule has 4 heteroatoms. The summed E-state index contributed by atoms with van der Waals surface area (Å²) in [5, 5.41) is 3.51. The van der Waals surface area contributed by atoms with E-state index in [1.807, 2.05) is 37.6 Å². The van der Waals surface area contributed by atoms with Crippen molar-refractivity contribution in [3.05, 3.63) is 59.7 Å². The molecule has 1 aliphatic rings. The van der Waals surface area contributed by atoms with E-state index in [1.54, 1.807) is 6.07 Å². The highest BCUT2D eigenvalue weighted by molar-refractivity contribution is 5.51. The van der Waals surface area contributed by atoms with E-state index in [-0.39, 0.29) is 5.82 Å². The number of pyridine rings is 1. The lowest BCUT2D eigenvalue weighted by molar-refractivity contribution is 0.607. The smallest absolute Gasteiger partial charge is 0.128 e. The highest BCUT2D eigenvalue weighted by Gasteiger charge is 2.20. The Hall–Kier alpha value is -1.94. The number of nitrogens with one attached hydrogen (secondary N) is 1. The maximum Gasteiger partial charge on any atom is 0.128 e. The molecular formula is C17H20FN3. The van der Waals surface area contributed by atoms with Crippen LogP contribution in [0.25, 0.3) is 0 Å². The Bertz CT molecular complexity index is 610. The van der Waals surface area contributed by atoms with Gasteiger partial charge >= 0.3 is 0 Å². The summed E-state index contributed by atoms with van der Waals surface area (Å²) in [4.78, 5) is 6.26. The van der Waals surface area contributed by atoms with E-state index in [9.17, 15) is 4.39 Å². The van der Waals surface area contributed by atoms with Crippen molar-refractivity contribution in [3.63, 3.8) is 0 Å². The van der Waals surface area contributed by atoms with Gasteiger partial charge in [-0.15, -0.1) is 0 Å². The van der Waals surface area contributed by atoms with E-state index in [0.29, 0.717) is 18.2 Å². The summed E-state index contributed by atoms with van der Waals surface area (Å²) < 4.78 is 13.8. The van der Waals surface area contributed by atoms with Gasteiger partial charge in [0.1, 0.15) is 5.82 Å². The van der Waals surface area contributed by atoms with Crippen LogP contribution in [0.2, 0.25) is 0 Å². The molecule has 1 aliphatic carbocycles. The van der Waals surface area contributed by atoms with Gasteiger partial charge in [0.25, 0.3) is 0 Å². The number of nitrogens with zero attached hydrogens (tertiary/aromatic N) is 2. The molecule has 3 rings (SSSR count). The van der Waals surface area contributed by atoms with Crippen LogP contribution in [-0.4, -0.2) is 18.1 Å². The van der Waals surface area contributed by atoms with Crippen LogP contribution in [-0.2, 0) is 13.1 Å². The number of aromatic nitrogens is 1. The second kappa shape index (κ2) is 6.22. The minimum atomic E-state index is -0.161. The standard InChI is InChI=1S/C17H20FN3/c1-21(12-14-4-2-3-5-16(14)18)17-11-19-9-8-13(17)10-20-15-6-7-15/h2-5,8-9,11,15,20H,6-7,10,12H2,1H3. The molecular weight excluding hydrogens is 265 g/mol. The van der Waals surface area contributed by atoms with Crippen molar-refractivity contribution >= 4 is 5.69 Å². The molecule has 21 heavy (non-hydrogen) atoms. The molecule has 0 atom stereocenters. The summed E-state index contributed by atoms with van der Waals surface area (Å²) >= 11 is 0. The zero-order valence-corrected chi connectivity index (χ0v) is 12.2. The molecule has 0 spiro atoms. The molecule has 0 aliphatic heterocycles. The molecule has 110 valence electrons. The van der Waals surface area contributed by atoms with Crippen molar-refractivity contribution < 1.29 is 4.39 Å². The maximum atomic E-state index is 13.8. The number of halogens is 1. The van der Waals surface area contributed by atoms with E-state index in [2.05, 4.69) is 15.2 Å². The van der Waals surface area contributed by atoms with Crippen molar-refractivity contribution in [2.24, 2.45) is 0 Å². The predicted molar refractivity (Wildman–Crippen MR) is 82.6 cm³/mol. The van der Waals surface area contributed by atoms with E-state index in [0.717, 1.165) is 12.2 Å². The lowest BCUT2D eigenvalue weighted by Gasteiger charge is -2.22. The molecule has 1 N–H and O–H groups in total. The average molecular weight is 285 g/mol. The largest absolute Gasteiger partial charge is 0.369 e. The summed E-state index contributed by atoms with van der Waals surface area (Å²) in [5.74, 6) is -0.161. The SMILES string of the molecule is CN(Cc1ccccc1F)c1cnccc1CNC1CC1. The third-order valence-electron chi connectivity index (χ3n) is 3.82. The van der Waals surface area contributed by atoms with Crippen molar-refractivity contribution in [3.8, 4) is 0 Å². The molecule has 0 radical (unpaired) electrons. The first-order valence-electron chi connectivity index (χ1n) is 7.35. The number of hydrogen-bond donors (Lipinski definition) is 1. The normalized spacial score (nSPS) is 14.2. The lowest BCUT2D eigenvalue weighted by atomic mass is 10.1. The van der Waals surface area contributed by atoms with Gasteiger partial charge in [0.2, 0.25) is 0 Å². The summed E-state index contributed by atoms with van der Waals surface area (Å²) in [6.07, 6.45) is 6.20. The Morgan fingerprint density at radius 3 is 2.81 bits per heavy atom. The quantitative estimate of drug-likeness (QED) is 0.884. The third-order valence-corrected chi connectivity index (χ3v) is 3.82. The van der Waals surface area contributed by atoms with E-state index in [1.165, 1.54) is 24.5 Å². The fraction of sp³-hybridized carbons (Fsp3) is 0.353. The molecule has 2 aromatic rings. The first-order chi connectivity index (χ1) is 10.2. The predicted octanol–water partition coefficient (Wildman–Crippen LogP) is 3.11. The highest BCUT2D eigenvalue weighted by atomic mass is 19.1. The molecule has 1 aromatic carbocycles. The highest BCUT2D eigenvalue weighted by Crippen LogP contribution is 2.23. The Kier molecular flexibility index (Phi) is 4.15. The van der Waals surface area contributed by atoms with Crippen LogP contribution in [0.3, 0.4) is 0 Å². The summed E-state index contributed by atoms with van der Waals surface area (Å²) in [5.41, 5.74) is 2.95. The Morgan fingerprint density at radius 1 is 1.24 bits per heavy atom. The van der Waals surface area contributed by atoms with Crippen molar-refractivity contribution in [1.82, 2.24) is 10.3 Å². The third kappa shape index (κ3) is 3.58. The number of rotatable bonds is 6. The van der Waals surface area contributed by atoms with Gasteiger partial charge in [-0.3, -0.25) is 4.98 Å². The molecule has 0 unspecified atom stereocenters. The van der Waals surface area contributed by atoms with E-state index < -0.39 is 0 Å². The van der Waals surface area contributed by atoms with Gasteiger partial charge in [0.05, 0.1) is 11.9 Å². The molecule has 0 amide bonds. The zero-order chi connectivity index (χ0) is 14.7. The van der Waals surface area contributed by atoms with Gasteiger partial charge in [-0.2, -0.15) is 0 Å². The molecule has 3 nitrogen and oxygen atoms in total. The maximum absolute atomic E-state index is 13.8. The Labute approximate surface area is 124 Å². The van der Waals surface area contributed by atoms with Crippen molar-refractivity contribution in [1.29, 1.82) is 0 Å². The molecule has 1 aromatic heterocycles. The van der Waals surface area contributed by atoms with Gasteiger partial charge in [0.15, 0.2) is 0 Å². The van der Waals surface area contributed by atoms with Gasteiger partial charge < -0.3 is 10.2 Å². The van der Waals surface area contributed by atoms with Crippen LogP contribution >= 0.6 is 0 Å². The number of anilines is 1. The van der Waals surface area contributed by atoms with Crippen LogP contribution in [0.15, 0.2) is 42.7 Å². The second-order valence-corrected chi connectivity index (χ2v) is 5.61. The molecule has 1 fully saturated rings. The van der Waals surface area contributed by atoms with E-state index >= 15 is 0 Å². The first-order valence-corrected chi connectivity index (χ1v) is 7.35.